The van der Waals surface area contributed by atoms with Gasteiger partial charge in [-0.15, -0.1) is 0 Å². The maximum Gasteiger partial charge on any atom is 0.335 e. The number of nitrogens with one attached hydrogen (secondary N) is 1. The van der Waals surface area contributed by atoms with Crippen LogP contribution in [0.1, 0.15) is 40.9 Å². The molecule has 2 unspecified atom stereocenters. The lowest BCUT2D eigenvalue weighted by molar-refractivity contribution is -0.305. The van der Waals surface area contributed by atoms with Gasteiger partial charge in [0.2, 0.25) is 5.91 Å². The maximum atomic E-state index is 13.0. The van der Waals surface area contributed by atoms with E-state index >= 15 is 0 Å². The van der Waals surface area contributed by atoms with Gasteiger partial charge < -0.3 is 25.2 Å². The molecule has 140 valence electrons. The zero-order valence-electron chi connectivity index (χ0n) is 14.7. The molecular formula is C20H19N2O5-. The molecule has 1 aliphatic rings. The number of anilines is 1. The van der Waals surface area contributed by atoms with Gasteiger partial charge in [0.1, 0.15) is 6.04 Å². The highest BCUT2D eigenvalue weighted by molar-refractivity contribution is 5.92. The average Bonchev–Trinajstić information content (AvgIpc) is 2.78. The van der Waals surface area contributed by atoms with Gasteiger partial charge in [0, 0.05) is 24.6 Å². The van der Waals surface area contributed by atoms with Crippen molar-refractivity contribution in [1.29, 1.82) is 0 Å². The largest absolute Gasteiger partial charge is 0.550 e. The van der Waals surface area contributed by atoms with Crippen molar-refractivity contribution in [2.45, 2.75) is 32.0 Å². The molecule has 0 spiro atoms. The molecule has 0 bridgehead atoms. The zero-order valence-corrected chi connectivity index (χ0v) is 14.7. The molecule has 0 aromatic heterocycles. The second-order valence-electron chi connectivity index (χ2n) is 6.50. The Kier molecular flexibility index (Phi) is 5.12. The van der Waals surface area contributed by atoms with Gasteiger partial charge in [-0.2, -0.15) is 0 Å². The van der Waals surface area contributed by atoms with Crippen LogP contribution in [0.5, 0.6) is 0 Å². The average molecular weight is 367 g/mol. The number of aromatic carboxylic acids is 1. The lowest BCUT2D eigenvalue weighted by Gasteiger charge is -2.31. The molecule has 1 heterocycles. The molecular weight excluding hydrogens is 348 g/mol. The third-order valence-electron chi connectivity index (χ3n) is 4.72. The van der Waals surface area contributed by atoms with E-state index in [1.807, 2.05) is 37.3 Å². The molecule has 2 N–H and O–H groups in total. The van der Waals surface area contributed by atoms with Crippen LogP contribution >= 0.6 is 0 Å². The summed E-state index contributed by atoms with van der Waals surface area (Å²) >= 11 is 0. The number of hydrogen-bond donors (Lipinski definition) is 2. The number of carboxylic acids is 2. The molecule has 3 rings (SSSR count). The first kappa shape index (κ1) is 18.4. The molecule has 27 heavy (non-hydrogen) atoms. The summed E-state index contributed by atoms with van der Waals surface area (Å²) in [5.74, 6) is -2.77. The van der Waals surface area contributed by atoms with Crippen LogP contribution in [0.2, 0.25) is 0 Å². The van der Waals surface area contributed by atoms with Crippen LogP contribution < -0.4 is 10.4 Å². The highest BCUT2D eigenvalue weighted by Crippen LogP contribution is 2.30. The van der Waals surface area contributed by atoms with E-state index in [2.05, 4.69) is 5.32 Å². The number of carbonyl (C=O) groups excluding carboxylic acids is 2. The Bertz CT molecular complexity index is 881. The van der Waals surface area contributed by atoms with Crippen molar-refractivity contribution in [3.63, 3.8) is 0 Å². The van der Waals surface area contributed by atoms with Crippen molar-refractivity contribution < 1.29 is 24.6 Å². The second kappa shape index (κ2) is 7.49. The van der Waals surface area contributed by atoms with E-state index < -0.39 is 24.4 Å². The lowest BCUT2D eigenvalue weighted by atomic mass is 10.0. The Morgan fingerprint density at radius 2 is 1.96 bits per heavy atom. The highest BCUT2D eigenvalue weighted by atomic mass is 16.4. The minimum Gasteiger partial charge on any atom is -0.550 e. The number of fused-ring (bicyclic) bond motifs is 1. The molecule has 1 aliphatic heterocycles. The molecule has 0 aliphatic carbocycles. The first-order chi connectivity index (χ1) is 12.9. The summed E-state index contributed by atoms with van der Waals surface area (Å²) in [6, 6.07) is 12.6. The molecule has 0 saturated heterocycles. The quantitative estimate of drug-likeness (QED) is 0.827. The monoisotopic (exact) mass is 367 g/mol. The number of nitrogens with zero attached hydrogens (tertiary/aromatic N) is 1. The Morgan fingerprint density at radius 3 is 2.59 bits per heavy atom. The fourth-order valence-electron chi connectivity index (χ4n) is 3.25. The van der Waals surface area contributed by atoms with E-state index in [0.717, 1.165) is 5.56 Å². The molecule has 0 saturated carbocycles. The van der Waals surface area contributed by atoms with E-state index in [0.29, 0.717) is 11.3 Å². The van der Waals surface area contributed by atoms with E-state index in [1.54, 1.807) is 11.0 Å². The van der Waals surface area contributed by atoms with Gasteiger partial charge in [0.05, 0.1) is 11.6 Å². The fourth-order valence-corrected chi connectivity index (χ4v) is 3.25. The van der Waals surface area contributed by atoms with E-state index in [4.69, 9.17) is 0 Å². The van der Waals surface area contributed by atoms with Gasteiger partial charge in [-0.25, -0.2) is 4.79 Å². The Hall–Kier alpha value is -3.35. The van der Waals surface area contributed by atoms with Gasteiger partial charge in [-0.3, -0.25) is 4.79 Å². The van der Waals surface area contributed by atoms with Crippen molar-refractivity contribution in [1.82, 2.24) is 4.90 Å². The molecule has 7 heteroatoms. The minimum absolute atomic E-state index is 0.105. The SMILES string of the molecule is CC(c1ccccc1)N1Cc2cc(C(=O)O)ccc2NC(CC(=O)[O-])C1=O. The number of amides is 1. The summed E-state index contributed by atoms with van der Waals surface area (Å²) in [5, 5.41) is 23.3. The number of hydrogen-bond acceptors (Lipinski definition) is 5. The first-order valence-electron chi connectivity index (χ1n) is 8.55. The smallest absolute Gasteiger partial charge is 0.335 e. The third-order valence-corrected chi connectivity index (χ3v) is 4.72. The molecule has 0 fully saturated rings. The zero-order chi connectivity index (χ0) is 19.6. The summed E-state index contributed by atoms with van der Waals surface area (Å²) < 4.78 is 0. The normalized spacial score (nSPS) is 17.4. The Labute approximate surface area is 156 Å². The van der Waals surface area contributed by atoms with Crippen molar-refractivity contribution in [2.24, 2.45) is 0 Å². The highest BCUT2D eigenvalue weighted by Gasteiger charge is 2.32. The standard InChI is InChI=1S/C20H20N2O5/c1-12(13-5-3-2-4-6-13)22-11-15-9-14(20(26)27)7-8-16(15)21-17(19(22)25)10-18(23)24/h2-9,12,17,21H,10-11H2,1H3,(H,23,24)(H,26,27)/p-1. The third kappa shape index (κ3) is 3.92. The van der Waals surface area contributed by atoms with Crippen molar-refractivity contribution >= 4 is 23.5 Å². The molecule has 0 radical (unpaired) electrons. The van der Waals surface area contributed by atoms with Gasteiger partial charge in [-0.05, 0) is 36.2 Å². The van der Waals surface area contributed by atoms with E-state index in [1.165, 1.54) is 12.1 Å². The van der Waals surface area contributed by atoms with Crippen molar-refractivity contribution in [3.8, 4) is 0 Å². The number of rotatable bonds is 5. The van der Waals surface area contributed by atoms with Crippen LogP contribution in [0, 0.1) is 0 Å². The summed E-state index contributed by atoms with van der Waals surface area (Å²) in [7, 11) is 0. The predicted octanol–water partition coefficient (Wildman–Crippen LogP) is 1.41. The minimum atomic E-state index is -1.33. The summed E-state index contributed by atoms with van der Waals surface area (Å²) in [6.07, 6.45) is -0.475. The van der Waals surface area contributed by atoms with Crippen LogP contribution in [0.4, 0.5) is 5.69 Å². The van der Waals surface area contributed by atoms with E-state index in [-0.39, 0.29) is 24.1 Å². The number of aliphatic carboxylic acids is 1. The molecule has 2 aromatic carbocycles. The number of carbonyl (C=O) groups is 3. The second-order valence-corrected chi connectivity index (χ2v) is 6.50. The van der Waals surface area contributed by atoms with E-state index in [9.17, 15) is 24.6 Å². The summed E-state index contributed by atoms with van der Waals surface area (Å²) in [6.45, 7) is 2.03. The molecule has 1 amide bonds. The van der Waals surface area contributed by atoms with Gasteiger partial charge in [0.15, 0.2) is 0 Å². The van der Waals surface area contributed by atoms with Gasteiger partial charge in [-0.1, -0.05) is 30.3 Å². The van der Waals surface area contributed by atoms with Gasteiger partial charge >= 0.3 is 5.97 Å². The van der Waals surface area contributed by atoms with Crippen LogP contribution in [0.25, 0.3) is 0 Å². The summed E-state index contributed by atoms with van der Waals surface area (Å²) in [5.41, 5.74) is 2.17. The Balaban J connectivity index is 2.03. The predicted molar refractivity (Wildman–Crippen MR) is 95.8 cm³/mol. The number of benzene rings is 2. The first-order valence-corrected chi connectivity index (χ1v) is 8.55. The molecule has 2 atom stereocenters. The summed E-state index contributed by atoms with van der Waals surface area (Å²) in [4.78, 5) is 37.0. The lowest BCUT2D eigenvalue weighted by Crippen LogP contribution is -2.44. The maximum absolute atomic E-state index is 13.0. The van der Waals surface area contributed by atoms with Crippen molar-refractivity contribution in [2.75, 3.05) is 5.32 Å². The molecule has 2 aromatic rings. The van der Waals surface area contributed by atoms with Crippen LogP contribution in [-0.2, 0) is 16.1 Å². The van der Waals surface area contributed by atoms with Crippen LogP contribution in [-0.4, -0.2) is 33.9 Å². The van der Waals surface area contributed by atoms with Gasteiger partial charge in [0.25, 0.3) is 0 Å². The Morgan fingerprint density at radius 1 is 1.26 bits per heavy atom. The van der Waals surface area contributed by atoms with Crippen LogP contribution in [0.15, 0.2) is 48.5 Å². The fraction of sp³-hybridized carbons (Fsp3) is 0.250. The van der Waals surface area contributed by atoms with Crippen molar-refractivity contribution in [3.05, 3.63) is 65.2 Å². The topological polar surface area (TPSA) is 110 Å². The number of carboxylic acid groups (broad SMARTS) is 2. The molecule has 7 nitrogen and oxygen atoms in total. The van der Waals surface area contributed by atoms with Crippen LogP contribution in [0.3, 0.4) is 0 Å².